The highest BCUT2D eigenvalue weighted by Crippen LogP contribution is 2.25. The number of thioether (sulfide) groups is 1. The Kier molecular flexibility index (Phi) is 6.17. The van der Waals surface area contributed by atoms with E-state index in [1.807, 2.05) is 6.26 Å². The smallest absolute Gasteiger partial charge is 0.343 e. The van der Waals surface area contributed by atoms with Gasteiger partial charge in [-0.1, -0.05) is 13.3 Å². The van der Waals surface area contributed by atoms with Crippen molar-refractivity contribution in [1.82, 2.24) is 30.2 Å². The first-order chi connectivity index (χ1) is 13.1. The molecular weight excluding hydrogens is 368 g/mol. The predicted octanol–water partition coefficient (Wildman–Crippen LogP) is 2.91. The van der Waals surface area contributed by atoms with Crippen molar-refractivity contribution >= 4 is 17.7 Å². The average molecular weight is 388 g/mol. The van der Waals surface area contributed by atoms with Crippen LogP contribution in [0.1, 0.15) is 41.6 Å². The summed E-state index contributed by atoms with van der Waals surface area (Å²) < 4.78 is 12.4. The molecule has 3 aromatic rings. The van der Waals surface area contributed by atoms with Crippen LogP contribution in [0.2, 0.25) is 0 Å². The van der Waals surface area contributed by atoms with Gasteiger partial charge in [0.2, 0.25) is 0 Å². The SMILES string of the molecule is CCCCn1nnnc1COC(=O)c1c(C)nc(-c2ccco2)nc1SC. The second-order valence-electron chi connectivity index (χ2n) is 5.74. The largest absolute Gasteiger partial charge is 0.461 e. The van der Waals surface area contributed by atoms with E-state index < -0.39 is 5.97 Å². The minimum atomic E-state index is -0.507. The summed E-state index contributed by atoms with van der Waals surface area (Å²) in [6.45, 7) is 4.51. The number of hydrogen-bond acceptors (Lipinski definition) is 9. The van der Waals surface area contributed by atoms with E-state index >= 15 is 0 Å². The molecule has 0 radical (unpaired) electrons. The lowest BCUT2D eigenvalue weighted by Gasteiger charge is -2.11. The fourth-order valence-electron chi connectivity index (χ4n) is 2.46. The molecule has 10 heteroatoms. The van der Waals surface area contributed by atoms with E-state index in [-0.39, 0.29) is 6.61 Å². The van der Waals surface area contributed by atoms with Crippen LogP contribution in [0, 0.1) is 6.92 Å². The number of rotatable bonds is 8. The zero-order valence-corrected chi connectivity index (χ0v) is 16.2. The van der Waals surface area contributed by atoms with Crippen LogP contribution in [-0.2, 0) is 17.9 Å². The molecule has 0 unspecified atom stereocenters. The van der Waals surface area contributed by atoms with Crippen molar-refractivity contribution in [3.8, 4) is 11.6 Å². The standard InChI is InChI=1S/C17H20N6O3S/c1-4-5-8-23-13(20-21-22-23)10-26-17(24)14-11(2)18-15(19-16(14)27-3)12-7-6-9-25-12/h6-7,9H,4-5,8,10H2,1-3H3. The van der Waals surface area contributed by atoms with E-state index in [0.717, 1.165) is 12.8 Å². The minimum Gasteiger partial charge on any atom is -0.461 e. The third-order valence-corrected chi connectivity index (χ3v) is 4.54. The fourth-order valence-corrected chi connectivity index (χ4v) is 3.07. The Labute approximate surface area is 160 Å². The van der Waals surface area contributed by atoms with Gasteiger partial charge < -0.3 is 9.15 Å². The van der Waals surface area contributed by atoms with Crippen molar-refractivity contribution in [1.29, 1.82) is 0 Å². The maximum atomic E-state index is 12.6. The molecule has 0 aromatic carbocycles. The molecule has 0 N–H and O–H groups in total. The molecule has 0 aliphatic rings. The molecule has 0 saturated heterocycles. The lowest BCUT2D eigenvalue weighted by atomic mass is 10.2. The monoisotopic (exact) mass is 388 g/mol. The summed E-state index contributed by atoms with van der Waals surface area (Å²) in [7, 11) is 0. The third-order valence-electron chi connectivity index (χ3n) is 3.86. The maximum Gasteiger partial charge on any atom is 0.343 e. The van der Waals surface area contributed by atoms with Crippen LogP contribution < -0.4 is 0 Å². The van der Waals surface area contributed by atoms with Crippen molar-refractivity contribution in [2.24, 2.45) is 0 Å². The number of unbranched alkanes of at least 4 members (excludes halogenated alkanes) is 1. The van der Waals surface area contributed by atoms with Gasteiger partial charge in [-0.15, -0.1) is 16.9 Å². The van der Waals surface area contributed by atoms with Crippen molar-refractivity contribution in [2.45, 2.75) is 44.9 Å². The van der Waals surface area contributed by atoms with E-state index in [1.54, 1.807) is 30.0 Å². The minimum absolute atomic E-state index is 0.0112. The molecule has 0 atom stereocenters. The van der Waals surface area contributed by atoms with Gasteiger partial charge in [-0.3, -0.25) is 0 Å². The van der Waals surface area contributed by atoms with Crippen LogP contribution in [0.5, 0.6) is 0 Å². The van der Waals surface area contributed by atoms with Crippen molar-refractivity contribution in [3.63, 3.8) is 0 Å². The Morgan fingerprint density at radius 2 is 2.22 bits per heavy atom. The number of carbonyl (C=O) groups is 1. The molecule has 0 amide bonds. The van der Waals surface area contributed by atoms with E-state index in [4.69, 9.17) is 9.15 Å². The van der Waals surface area contributed by atoms with Crippen LogP contribution >= 0.6 is 11.8 Å². The van der Waals surface area contributed by atoms with E-state index in [1.165, 1.54) is 11.8 Å². The Balaban J connectivity index is 1.77. The molecule has 142 valence electrons. The molecule has 0 aliphatic carbocycles. The van der Waals surface area contributed by atoms with Gasteiger partial charge in [0.05, 0.1) is 12.0 Å². The summed E-state index contributed by atoms with van der Waals surface area (Å²) in [4.78, 5) is 21.5. The highest BCUT2D eigenvalue weighted by atomic mass is 32.2. The highest BCUT2D eigenvalue weighted by molar-refractivity contribution is 7.98. The highest BCUT2D eigenvalue weighted by Gasteiger charge is 2.22. The Hall–Kier alpha value is -2.75. The Morgan fingerprint density at radius 1 is 1.37 bits per heavy atom. The number of aryl methyl sites for hydroxylation is 2. The molecule has 3 rings (SSSR count). The molecule has 0 spiro atoms. The summed E-state index contributed by atoms with van der Waals surface area (Å²) in [5.74, 6) is 0.978. The normalized spacial score (nSPS) is 10.9. The summed E-state index contributed by atoms with van der Waals surface area (Å²) in [5, 5.41) is 12.0. The molecule has 3 heterocycles. The zero-order chi connectivity index (χ0) is 19.2. The molecule has 9 nitrogen and oxygen atoms in total. The van der Waals surface area contributed by atoms with Crippen LogP contribution in [0.4, 0.5) is 0 Å². The van der Waals surface area contributed by atoms with E-state index in [9.17, 15) is 4.79 Å². The van der Waals surface area contributed by atoms with Crippen molar-refractivity contribution in [2.75, 3.05) is 6.26 Å². The lowest BCUT2D eigenvalue weighted by Crippen LogP contribution is -2.14. The maximum absolute atomic E-state index is 12.6. The molecule has 27 heavy (non-hydrogen) atoms. The summed E-state index contributed by atoms with van der Waals surface area (Å²) in [6.07, 6.45) is 5.37. The van der Waals surface area contributed by atoms with Gasteiger partial charge in [-0.2, -0.15) is 0 Å². The molecular formula is C17H20N6O3S. The summed E-state index contributed by atoms with van der Waals surface area (Å²) >= 11 is 1.35. The number of tetrazole rings is 1. The van der Waals surface area contributed by atoms with Gasteiger partial charge in [0.25, 0.3) is 0 Å². The Morgan fingerprint density at radius 3 is 2.93 bits per heavy atom. The molecule has 0 aliphatic heterocycles. The van der Waals surface area contributed by atoms with Crippen LogP contribution in [0.25, 0.3) is 11.6 Å². The van der Waals surface area contributed by atoms with Crippen LogP contribution in [0.3, 0.4) is 0 Å². The van der Waals surface area contributed by atoms with Gasteiger partial charge in [-0.05, 0) is 42.2 Å². The number of aromatic nitrogens is 6. The number of nitrogens with zero attached hydrogens (tertiary/aromatic N) is 6. The van der Waals surface area contributed by atoms with Gasteiger partial charge in [-0.25, -0.2) is 19.4 Å². The number of esters is 1. The van der Waals surface area contributed by atoms with Crippen LogP contribution in [0.15, 0.2) is 27.8 Å². The quantitative estimate of drug-likeness (QED) is 0.327. The summed E-state index contributed by atoms with van der Waals surface area (Å²) in [5.41, 5.74) is 0.863. The zero-order valence-electron chi connectivity index (χ0n) is 15.4. The van der Waals surface area contributed by atoms with E-state index in [2.05, 4.69) is 32.4 Å². The third kappa shape index (κ3) is 4.33. The molecule has 0 fully saturated rings. The predicted molar refractivity (Wildman–Crippen MR) is 98.1 cm³/mol. The molecule has 0 bridgehead atoms. The number of ether oxygens (including phenoxy) is 1. The average Bonchev–Trinajstić information content (AvgIpc) is 3.35. The van der Waals surface area contributed by atoms with Gasteiger partial charge in [0, 0.05) is 6.54 Å². The first kappa shape index (κ1) is 19.0. The van der Waals surface area contributed by atoms with Crippen molar-refractivity contribution < 1.29 is 13.9 Å². The first-order valence-electron chi connectivity index (χ1n) is 8.52. The molecule has 3 aromatic heterocycles. The lowest BCUT2D eigenvalue weighted by molar-refractivity contribution is 0.0449. The first-order valence-corrected chi connectivity index (χ1v) is 9.75. The van der Waals surface area contributed by atoms with Crippen molar-refractivity contribution in [3.05, 3.63) is 35.5 Å². The Bertz CT molecular complexity index is 910. The fraction of sp³-hybridized carbons (Fsp3) is 0.412. The summed E-state index contributed by atoms with van der Waals surface area (Å²) in [6, 6.07) is 3.53. The topological polar surface area (TPSA) is 109 Å². The van der Waals surface area contributed by atoms with Gasteiger partial charge in [0.15, 0.2) is 24.0 Å². The number of hydrogen-bond donors (Lipinski definition) is 0. The number of furan rings is 1. The van der Waals surface area contributed by atoms with Crippen LogP contribution in [-0.4, -0.2) is 42.4 Å². The van der Waals surface area contributed by atoms with E-state index in [0.29, 0.717) is 40.2 Å². The second kappa shape index (κ2) is 8.76. The molecule has 0 saturated carbocycles. The number of carbonyl (C=O) groups excluding carboxylic acids is 1. The van der Waals surface area contributed by atoms with Gasteiger partial charge >= 0.3 is 5.97 Å². The second-order valence-corrected chi connectivity index (χ2v) is 6.54. The van der Waals surface area contributed by atoms with Gasteiger partial charge in [0.1, 0.15) is 10.6 Å².